The van der Waals surface area contributed by atoms with E-state index in [1.54, 1.807) is 6.08 Å². The Hall–Kier alpha value is -2.38. The third-order valence-electron chi connectivity index (χ3n) is 16.9. The van der Waals surface area contributed by atoms with Crippen molar-refractivity contribution in [2.75, 3.05) is 19.8 Å². The van der Waals surface area contributed by atoms with E-state index in [-0.39, 0.29) is 18.5 Å². The molecule has 0 radical (unpaired) electrons. The van der Waals surface area contributed by atoms with Crippen LogP contribution in [-0.2, 0) is 23.8 Å². The fourth-order valence-electron chi connectivity index (χ4n) is 11.2. The summed E-state index contributed by atoms with van der Waals surface area (Å²) in [7, 11) is 0. The normalized spacial score (nSPS) is 18.3. The van der Waals surface area contributed by atoms with Crippen LogP contribution in [-0.4, -0.2) is 100 Å². The number of unbranched alkanes of at least 4 members (excludes halogenated alkanes) is 43. The Morgan fingerprint density at radius 2 is 0.798 bits per heavy atom. The van der Waals surface area contributed by atoms with Crippen molar-refractivity contribution in [2.24, 2.45) is 0 Å². The molecule has 0 aliphatic carbocycles. The van der Waals surface area contributed by atoms with E-state index in [0.29, 0.717) is 19.4 Å². The smallest absolute Gasteiger partial charge is 0.305 e. The van der Waals surface area contributed by atoms with Crippen LogP contribution in [0.15, 0.2) is 48.6 Å². The van der Waals surface area contributed by atoms with Gasteiger partial charge in [0.05, 0.1) is 32.0 Å². The first-order valence-electron chi connectivity index (χ1n) is 35.9. The molecule has 7 unspecified atom stereocenters. The highest BCUT2D eigenvalue weighted by molar-refractivity contribution is 5.76. The maximum atomic E-state index is 13.0. The van der Waals surface area contributed by atoms with Crippen LogP contribution in [0.5, 0.6) is 0 Å². The van der Waals surface area contributed by atoms with Crippen molar-refractivity contribution < 1.29 is 49.3 Å². The second-order valence-electron chi connectivity index (χ2n) is 24.9. The lowest BCUT2D eigenvalue weighted by atomic mass is 9.99. The van der Waals surface area contributed by atoms with Gasteiger partial charge in [0.1, 0.15) is 24.4 Å². The van der Waals surface area contributed by atoms with E-state index in [1.807, 2.05) is 6.08 Å². The predicted octanol–water partition coefficient (Wildman–Crippen LogP) is 18.4. The van der Waals surface area contributed by atoms with Crippen LogP contribution in [0.3, 0.4) is 0 Å². The standard InChI is InChI=1S/C73H135NO10/c1-3-5-7-9-11-13-15-37-41-45-49-53-57-61-69(78)82-62-58-54-50-46-42-39-36-34-32-30-28-26-24-22-20-18-16-17-19-21-23-25-27-29-31-33-35-38-40-44-48-52-56-60-68(77)74-65(64-83-73-72(81)71(80)70(79)67(63-75)84-73)66(76)59-55-51-47-43-14-12-10-8-6-4-2/h13,15,20,22,26,28,55,59,65-67,70-73,75-76,79-81H,3-12,14,16-19,21,23-25,27,29-54,56-58,60-64H2,1-2H3,(H,74,77)/b15-13-,22-20-,28-26-,59-55+. The molecule has 11 nitrogen and oxygen atoms in total. The third kappa shape index (κ3) is 50.6. The maximum Gasteiger partial charge on any atom is 0.305 e. The molecule has 7 atom stereocenters. The summed E-state index contributed by atoms with van der Waals surface area (Å²) < 4.78 is 16.7. The van der Waals surface area contributed by atoms with Gasteiger partial charge in [-0.3, -0.25) is 9.59 Å². The van der Waals surface area contributed by atoms with Gasteiger partial charge in [-0.25, -0.2) is 0 Å². The zero-order valence-corrected chi connectivity index (χ0v) is 54.6. The monoisotopic (exact) mass is 1190 g/mol. The first kappa shape index (κ1) is 79.6. The van der Waals surface area contributed by atoms with Crippen molar-refractivity contribution in [1.29, 1.82) is 0 Å². The van der Waals surface area contributed by atoms with Gasteiger partial charge in [0.25, 0.3) is 0 Å². The lowest BCUT2D eigenvalue weighted by molar-refractivity contribution is -0.302. The first-order valence-corrected chi connectivity index (χ1v) is 35.9. The number of esters is 1. The van der Waals surface area contributed by atoms with Gasteiger partial charge >= 0.3 is 5.97 Å². The molecule has 0 aromatic rings. The summed E-state index contributed by atoms with van der Waals surface area (Å²) in [5.41, 5.74) is 0. The molecule has 1 aliphatic heterocycles. The van der Waals surface area contributed by atoms with Gasteiger partial charge in [0.15, 0.2) is 6.29 Å². The second-order valence-corrected chi connectivity index (χ2v) is 24.9. The zero-order chi connectivity index (χ0) is 60.9. The first-order chi connectivity index (χ1) is 41.2. The summed E-state index contributed by atoms with van der Waals surface area (Å²) in [4.78, 5) is 25.1. The van der Waals surface area contributed by atoms with E-state index >= 15 is 0 Å². The zero-order valence-electron chi connectivity index (χ0n) is 54.6. The molecule has 1 saturated heterocycles. The number of carbonyl (C=O) groups is 2. The molecule has 492 valence electrons. The number of hydrogen-bond donors (Lipinski definition) is 6. The fraction of sp³-hybridized carbons (Fsp3) is 0.863. The molecule has 1 rings (SSSR count). The van der Waals surface area contributed by atoms with Crippen LogP contribution in [0.4, 0.5) is 0 Å². The van der Waals surface area contributed by atoms with Crippen LogP contribution in [0.25, 0.3) is 0 Å². The van der Waals surface area contributed by atoms with Crippen molar-refractivity contribution in [3.8, 4) is 0 Å². The molecular weight excluding hydrogens is 1050 g/mol. The van der Waals surface area contributed by atoms with E-state index in [2.05, 4.69) is 55.6 Å². The molecule has 1 amide bonds. The van der Waals surface area contributed by atoms with Crippen molar-refractivity contribution in [1.82, 2.24) is 5.32 Å². The van der Waals surface area contributed by atoms with Gasteiger partial charge in [-0.2, -0.15) is 0 Å². The van der Waals surface area contributed by atoms with E-state index in [4.69, 9.17) is 14.2 Å². The molecule has 0 bridgehead atoms. The van der Waals surface area contributed by atoms with Gasteiger partial charge in [0, 0.05) is 12.8 Å². The molecule has 1 aliphatic rings. The molecule has 0 aromatic carbocycles. The maximum absolute atomic E-state index is 13.0. The van der Waals surface area contributed by atoms with Crippen LogP contribution in [0.2, 0.25) is 0 Å². The van der Waals surface area contributed by atoms with E-state index in [0.717, 1.165) is 64.2 Å². The number of nitrogens with one attached hydrogen (secondary N) is 1. The second kappa shape index (κ2) is 62.2. The minimum absolute atomic E-state index is 0.00242. The summed E-state index contributed by atoms with van der Waals surface area (Å²) in [6.45, 7) is 4.33. The number of rotatable bonds is 63. The summed E-state index contributed by atoms with van der Waals surface area (Å²) in [5.74, 6) is -0.183. The molecule has 84 heavy (non-hydrogen) atoms. The van der Waals surface area contributed by atoms with Crippen LogP contribution in [0, 0.1) is 0 Å². The minimum Gasteiger partial charge on any atom is -0.466 e. The predicted molar refractivity (Wildman–Crippen MR) is 352 cm³/mol. The number of aliphatic hydroxyl groups excluding tert-OH is 5. The van der Waals surface area contributed by atoms with Gasteiger partial charge < -0.3 is 45.1 Å². The average molecular weight is 1190 g/mol. The Kier molecular flexibility index (Phi) is 59.0. The Labute approximate surface area is 516 Å². The summed E-state index contributed by atoms with van der Waals surface area (Å²) in [5, 5.41) is 54.4. The molecule has 0 saturated carbocycles. The molecular formula is C73H135NO10. The Morgan fingerprint density at radius 1 is 0.440 bits per heavy atom. The number of amides is 1. The van der Waals surface area contributed by atoms with Crippen LogP contribution in [0.1, 0.15) is 341 Å². The number of ether oxygens (including phenoxy) is 3. The van der Waals surface area contributed by atoms with Gasteiger partial charge in [0.2, 0.25) is 5.91 Å². The van der Waals surface area contributed by atoms with Crippen molar-refractivity contribution in [3.05, 3.63) is 48.6 Å². The summed E-state index contributed by atoms with van der Waals surface area (Å²) >= 11 is 0. The highest BCUT2D eigenvalue weighted by Crippen LogP contribution is 2.23. The van der Waals surface area contributed by atoms with Gasteiger partial charge in [-0.05, 0) is 89.9 Å². The molecule has 1 heterocycles. The number of allylic oxidation sites excluding steroid dienone is 7. The number of carbonyl (C=O) groups excluding carboxylic acids is 2. The summed E-state index contributed by atoms with van der Waals surface area (Å²) in [6.07, 6.45) is 71.2. The van der Waals surface area contributed by atoms with Crippen molar-refractivity contribution >= 4 is 11.9 Å². The molecule has 1 fully saturated rings. The topological polar surface area (TPSA) is 175 Å². The molecule has 0 aromatic heterocycles. The van der Waals surface area contributed by atoms with Gasteiger partial charge in [-0.1, -0.05) is 287 Å². The average Bonchev–Trinajstić information content (AvgIpc) is 3.42. The third-order valence-corrected chi connectivity index (χ3v) is 16.9. The number of aliphatic hydroxyl groups is 5. The Balaban J connectivity index is 1.93. The minimum atomic E-state index is -1.57. The number of hydrogen-bond acceptors (Lipinski definition) is 10. The SMILES string of the molecule is CCCCCC/C=C\CCCCCCCC(=O)OCCCCCCCCCCC/C=C\C/C=C\CCCCCCCCCCCCCCCCCCCC(=O)NC(COC1OC(CO)C(O)C(O)C1O)C(O)/C=C/CCCCCCCCCC. The molecule has 0 spiro atoms. The fourth-order valence-corrected chi connectivity index (χ4v) is 11.2. The molecule has 11 heteroatoms. The Morgan fingerprint density at radius 3 is 1.23 bits per heavy atom. The van der Waals surface area contributed by atoms with Crippen LogP contribution < -0.4 is 5.32 Å². The van der Waals surface area contributed by atoms with E-state index in [9.17, 15) is 35.1 Å². The lowest BCUT2D eigenvalue weighted by Crippen LogP contribution is -2.60. The van der Waals surface area contributed by atoms with Gasteiger partial charge in [-0.15, -0.1) is 0 Å². The molecule has 6 N–H and O–H groups in total. The summed E-state index contributed by atoms with van der Waals surface area (Å²) in [6, 6.07) is -0.808. The van der Waals surface area contributed by atoms with Crippen molar-refractivity contribution in [2.45, 2.75) is 384 Å². The van der Waals surface area contributed by atoms with Crippen molar-refractivity contribution in [3.63, 3.8) is 0 Å². The highest BCUT2D eigenvalue weighted by atomic mass is 16.7. The van der Waals surface area contributed by atoms with E-state index in [1.165, 1.54) is 250 Å². The quantitative estimate of drug-likeness (QED) is 0.0195. The lowest BCUT2D eigenvalue weighted by Gasteiger charge is -2.40. The largest absolute Gasteiger partial charge is 0.466 e. The highest BCUT2D eigenvalue weighted by Gasteiger charge is 2.44. The Bertz CT molecular complexity index is 1530. The van der Waals surface area contributed by atoms with E-state index < -0.39 is 49.5 Å². The van der Waals surface area contributed by atoms with Crippen LogP contribution >= 0.6 is 0 Å².